The number of halogens is 2. The molecule has 0 radical (unpaired) electrons. The van der Waals surface area contributed by atoms with Gasteiger partial charge in [0.15, 0.2) is 6.29 Å². The normalized spacial score (nSPS) is 11.0. The van der Waals surface area contributed by atoms with Crippen LogP contribution < -0.4 is 0 Å². The van der Waals surface area contributed by atoms with Gasteiger partial charge >= 0.3 is 0 Å². The van der Waals surface area contributed by atoms with Crippen molar-refractivity contribution in [2.75, 3.05) is 0 Å². The average molecular weight is 297 g/mol. The lowest BCUT2D eigenvalue weighted by Crippen LogP contribution is -1.91. The molecular formula is C12H6Cl2N2OS. The van der Waals surface area contributed by atoms with Crippen molar-refractivity contribution in [3.8, 4) is 11.3 Å². The molecule has 0 fully saturated rings. The molecule has 3 heterocycles. The Balaban J connectivity index is 2.35. The third-order valence-electron chi connectivity index (χ3n) is 2.59. The molecule has 0 amide bonds. The summed E-state index contributed by atoms with van der Waals surface area (Å²) in [4.78, 5) is 15.7. The minimum atomic E-state index is 0.474. The molecule has 0 aromatic carbocycles. The number of aromatic nitrogens is 2. The van der Waals surface area contributed by atoms with Crippen molar-refractivity contribution in [1.82, 2.24) is 9.38 Å². The van der Waals surface area contributed by atoms with E-state index in [-0.39, 0.29) is 0 Å². The van der Waals surface area contributed by atoms with Gasteiger partial charge < -0.3 is 0 Å². The van der Waals surface area contributed by atoms with Crippen LogP contribution in [-0.4, -0.2) is 15.7 Å². The third-order valence-corrected chi connectivity index (χ3v) is 4.08. The standard InChI is InChI=1S/C12H6Cl2N2OS/c13-9-5-7(12(14)18-9)11-8(6-17)16-4-2-1-3-10(16)15-11/h1-6H. The van der Waals surface area contributed by atoms with Crippen LogP contribution in [0.5, 0.6) is 0 Å². The van der Waals surface area contributed by atoms with E-state index in [0.717, 1.165) is 6.29 Å². The van der Waals surface area contributed by atoms with Crippen LogP contribution >= 0.6 is 34.5 Å². The number of imidazole rings is 1. The highest BCUT2D eigenvalue weighted by molar-refractivity contribution is 7.20. The van der Waals surface area contributed by atoms with E-state index in [1.807, 2.05) is 18.2 Å². The molecule has 3 aromatic rings. The number of hydrogen-bond donors (Lipinski definition) is 0. The van der Waals surface area contributed by atoms with Crippen molar-refractivity contribution >= 4 is 46.5 Å². The fourth-order valence-corrected chi connectivity index (χ4v) is 3.29. The third kappa shape index (κ3) is 1.73. The second-order valence-corrected chi connectivity index (χ2v) is 5.92. The zero-order chi connectivity index (χ0) is 12.7. The predicted octanol–water partition coefficient (Wildman–Crippen LogP) is 4.18. The summed E-state index contributed by atoms with van der Waals surface area (Å²) in [6.45, 7) is 0. The van der Waals surface area contributed by atoms with Crippen molar-refractivity contribution in [3.63, 3.8) is 0 Å². The largest absolute Gasteiger partial charge is 0.297 e. The summed E-state index contributed by atoms with van der Waals surface area (Å²) in [6.07, 6.45) is 2.56. The maximum atomic E-state index is 11.3. The first-order valence-electron chi connectivity index (χ1n) is 5.08. The molecule has 6 heteroatoms. The van der Waals surface area contributed by atoms with Gasteiger partial charge in [-0.15, -0.1) is 11.3 Å². The molecule has 0 atom stereocenters. The number of nitrogens with zero attached hydrogens (tertiary/aromatic N) is 2. The van der Waals surface area contributed by atoms with Gasteiger partial charge in [-0.25, -0.2) is 4.98 Å². The Morgan fingerprint density at radius 2 is 2.17 bits per heavy atom. The molecule has 3 nitrogen and oxygen atoms in total. The van der Waals surface area contributed by atoms with Crippen LogP contribution in [0.1, 0.15) is 10.5 Å². The summed E-state index contributed by atoms with van der Waals surface area (Å²) in [5.41, 5.74) is 2.43. The van der Waals surface area contributed by atoms with Crippen LogP contribution in [0.4, 0.5) is 0 Å². The van der Waals surface area contributed by atoms with E-state index in [4.69, 9.17) is 23.2 Å². The van der Waals surface area contributed by atoms with Gasteiger partial charge in [-0.05, 0) is 18.2 Å². The molecule has 90 valence electrons. The monoisotopic (exact) mass is 296 g/mol. The number of carbonyl (C=O) groups is 1. The van der Waals surface area contributed by atoms with Gasteiger partial charge in [-0.1, -0.05) is 29.3 Å². The summed E-state index contributed by atoms with van der Waals surface area (Å²) in [6, 6.07) is 7.26. The Morgan fingerprint density at radius 1 is 1.33 bits per heavy atom. The first-order valence-corrected chi connectivity index (χ1v) is 6.65. The van der Waals surface area contributed by atoms with Crippen LogP contribution in [0.3, 0.4) is 0 Å². The molecule has 0 aliphatic carbocycles. The van der Waals surface area contributed by atoms with Gasteiger partial charge in [0, 0.05) is 11.8 Å². The predicted molar refractivity (Wildman–Crippen MR) is 73.9 cm³/mol. The van der Waals surface area contributed by atoms with Crippen molar-refractivity contribution in [2.45, 2.75) is 0 Å². The molecule has 3 rings (SSSR count). The zero-order valence-electron chi connectivity index (χ0n) is 8.93. The van der Waals surface area contributed by atoms with Gasteiger partial charge in [0.25, 0.3) is 0 Å². The van der Waals surface area contributed by atoms with Gasteiger partial charge in [0.05, 0.1) is 4.34 Å². The van der Waals surface area contributed by atoms with E-state index in [1.165, 1.54) is 11.3 Å². The van der Waals surface area contributed by atoms with E-state index < -0.39 is 0 Å². The first kappa shape index (κ1) is 11.7. The molecule has 0 bridgehead atoms. The van der Waals surface area contributed by atoms with Crippen molar-refractivity contribution in [3.05, 3.63) is 44.8 Å². The summed E-state index contributed by atoms with van der Waals surface area (Å²) in [7, 11) is 0. The topological polar surface area (TPSA) is 34.4 Å². The Labute approximate surface area is 117 Å². The Morgan fingerprint density at radius 3 is 2.83 bits per heavy atom. The molecule has 3 aromatic heterocycles. The van der Waals surface area contributed by atoms with Crippen LogP contribution in [-0.2, 0) is 0 Å². The Bertz CT molecular complexity index is 748. The van der Waals surface area contributed by atoms with E-state index in [0.29, 0.717) is 31.3 Å². The molecule has 0 saturated carbocycles. The highest BCUT2D eigenvalue weighted by Crippen LogP contribution is 2.38. The maximum Gasteiger partial charge on any atom is 0.169 e. The van der Waals surface area contributed by atoms with Crippen LogP contribution in [0.15, 0.2) is 30.5 Å². The first-order chi connectivity index (χ1) is 8.70. The molecule has 0 saturated heterocycles. The number of hydrogen-bond acceptors (Lipinski definition) is 3. The average Bonchev–Trinajstić information content (AvgIpc) is 2.88. The van der Waals surface area contributed by atoms with E-state index in [9.17, 15) is 4.79 Å². The fourth-order valence-electron chi connectivity index (χ4n) is 1.83. The highest BCUT2D eigenvalue weighted by Gasteiger charge is 2.17. The van der Waals surface area contributed by atoms with E-state index >= 15 is 0 Å². The highest BCUT2D eigenvalue weighted by atomic mass is 35.5. The lowest BCUT2D eigenvalue weighted by atomic mass is 10.2. The number of carbonyl (C=O) groups excluding carboxylic acids is 1. The second-order valence-electron chi connectivity index (χ2n) is 3.63. The van der Waals surface area contributed by atoms with Gasteiger partial charge in [0.1, 0.15) is 21.4 Å². The zero-order valence-corrected chi connectivity index (χ0v) is 11.3. The quantitative estimate of drug-likeness (QED) is 0.665. The molecular weight excluding hydrogens is 291 g/mol. The van der Waals surface area contributed by atoms with E-state index in [2.05, 4.69) is 4.98 Å². The number of thiophene rings is 1. The summed E-state index contributed by atoms with van der Waals surface area (Å²) < 4.78 is 2.83. The Kier molecular flexibility index (Phi) is 2.86. The number of aldehydes is 1. The lowest BCUT2D eigenvalue weighted by Gasteiger charge is -1.95. The van der Waals surface area contributed by atoms with Gasteiger partial charge in [-0.2, -0.15) is 0 Å². The summed E-state index contributed by atoms with van der Waals surface area (Å²) >= 11 is 13.3. The van der Waals surface area contributed by atoms with Crippen LogP contribution in [0.25, 0.3) is 16.9 Å². The molecule has 0 spiro atoms. The van der Waals surface area contributed by atoms with Crippen LogP contribution in [0.2, 0.25) is 8.67 Å². The number of pyridine rings is 1. The number of rotatable bonds is 2. The smallest absolute Gasteiger partial charge is 0.169 e. The molecule has 0 N–H and O–H groups in total. The molecule has 0 unspecified atom stereocenters. The SMILES string of the molecule is O=Cc1c(-c2cc(Cl)sc2Cl)nc2ccccn12. The molecule has 18 heavy (non-hydrogen) atoms. The summed E-state index contributed by atoms with van der Waals surface area (Å²) in [5.74, 6) is 0. The molecule has 0 aliphatic rings. The van der Waals surface area contributed by atoms with Crippen LogP contribution in [0, 0.1) is 0 Å². The van der Waals surface area contributed by atoms with Gasteiger partial charge in [-0.3, -0.25) is 9.20 Å². The number of fused-ring (bicyclic) bond motifs is 1. The fraction of sp³-hybridized carbons (Fsp3) is 0. The second kappa shape index (κ2) is 4.39. The van der Waals surface area contributed by atoms with E-state index in [1.54, 1.807) is 16.7 Å². The summed E-state index contributed by atoms with van der Waals surface area (Å²) in [5, 5.41) is 0. The molecule has 0 aliphatic heterocycles. The minimum absolute atomic E-state index is 0.474. The minimum Gasteiger partial charge on any atom is -0.297 e. The lowest BCUT2D eigenvalue weighted by molar-refractivity contribution is 0.111. The van der Waals surface area contributed by atoms with Gasteiger partial charge in [0.2, 0.25) is 0 Å². The van der Waals surface area contributed by atoms with Crippen molar-refractivity contribution in [2.24, 2.45) is 0 Å². The maximum absolute atomic E-state index is 11.3. The van der Waals surface area contributed by atoms with Crippen molar-refractivity contribution < 1.29 is 4.79 Å². The Hall–Kier alpha value is -1.36. The van der Waals surface area contributed by atoms with Crippen molar-refractivity contribution in [1.29, 1.82) is 0 Å².